The zero-order valence-electron chi connectivity index (χ0n) is 10.5. The van der Waals surface area contributed by atoms with Crippen LogP contribution in [0.4, 0.5) is 0 Å². The molecule has 0 aromatic heterocycles. The zero-order valence-corrected chi connectivity index (χ0v) is 10.5. The Kier molecular flexibility index (Phi) is 5.77. The van der Waals surface area contributed by atoms with Gasteiger partial charge in [0.15, 0.2) is 0 Å². The summed E-state index contributed by atoms with van der Waals surface area (Å²) in [5.41, 5.74) is 7.11. The Bertz CT molecular complexity index is 396. The van der Waals surface area contributed by atoms with Crippen molar-refractivity contribution in [3.05, 3.63) is 35.4 Å². The van der Waals surface area contributed by atoms with Gasteiger partial charge in [0.2, 0.25) is 5.91 Å². The Morgan fingerprint density at radius 2 is 2.17 bits per heavy atom. The van der Waals surface area contributed by atoms with E-state index in [4.69, 9.17) is 5.73 Å². The van der Waals surface area contributed by atoms with Crippen LogP contribution in [0.1, 0.15) is 24.2 Å². The van der Waals surface area contributed by atoms with E-state index in [-0.39, 0.29) is 12.5 Å². The van der Waals surface area contributed by atoms with Gasteiger partial charge in [0.05, 0.1) is 0 Å². The maximum Gasteiger partial charge on any atom is 0.216 e. The molecule has 0 aliphatic rings. The second-order valence-electron chi connectivity index (χ2n) is 4.23. The van der Waals surface area contributed by atoms with E-state index in [1.54, 1.807) is 6.07 Å². The van der Waals surface area contributed by atoms with Crippen molar-refractivity contribution in [2.45, 2.75) is 25.6 Å². The first-order valence-corrected chi connectivity index (χ1v) is 5.94. The van der Waals surface area contributed by atoms with Gasteiger partial charge >= 0.3 is 0 Å². The summed E-state index contributed by atoms with van der Waals surface area (Å²) in [4.78, 5) is 10.7. The van der Waals surface area contributed by atoms with Crippen molar-refractivity contribution in [1.82, 2.24) is 5.32 Å². The second-order valence-corrected chi connectivity index (χ2v) is 4.23. The van der Waals surface area contributed by atoms with Crippen LogP contribution in [0.2, 0.25) is 0 Å². The summed E-state index contributed by atoms with van der Waals surface area (Å²) in [6, 6.07) is 7.29. The van der Waals surface area contributed by atoms with Crippen LogP contribution in [-0.4, -0.2) is 35.3 Å². The second kappa shape index (κ2) is 7.10. The molecule has 0 aliphatic heterocycles. The molecule has 0 spiro atoms. The van der Waals surface area contributed by atoms with Crippen LogP contribution in [0.3, 0.4) is 0 Å². The first-order chi connectivity index (χ1) is 8.54. The maximum atomic E-state index is 10.7. The molecule has 0 saturated carbocycles. The van der Waals surface area contributed by atoms with Gasteiger partial charge in [0.1, 0.15) is 12.2 Å². The molecular weight excluding hydrogens is 232 g/mol. The standard InChI is InChI=1S/C13H20N2O3/c1-9(16)15-8-12(17)13(18)11-4-2-3-10(7-11)5-6-14/h2-4,7,12-13,17-18H,5-6,8,14H2,1H3,(H,15,16). The first-order valence-electron chi connectivity index (χ1n) is 5.94. The van der Waals surface area contributed by atoms with E-state index >= 15 is 0 Å². The number of aliphatic hydroxyl groups excluding tert-OH is 2. The fourth-order valence-electron chi connectivity index (χ4n) is 1.68. The van der Waals surface area contributed by atoms with Crippen LogP contribution < -0.4 is 11.1 Å². The molecule has 5 heteroatoms. The van der Waals surface area contributed by atoms with Gasteiger partial charge in [-0.05, 0) is 24.1 Å². The number of hydrogen-bond donors (Lipinski definition) is 4. The summed E-state index contributed by atoms with van der Waals surface area (Å²) in [6.45, 7) is 1.92. The predicted octanol–water partition coefficient (Wildman–Crippen LogP) is -0.282. The van der Waals surface area contributed by atoms with Gasteiger partial charge in [-0.2, -0.15) is 0 Å². The van der Waals surface area contributed by atoms with Crippen molar-refractivity contribution >= 4 is 5.91 Å². The lowest BCUT2D eigenvalue weighted by atomic mass is 10.0. The van der Waals surface area contributed by atoms with E-state index in [1.807, 2.05) is 18.2 Å². The van der Waals surface area contributed by atoms with Crippen molar-refractivity contribution in [3.63, 3.8) is 0 Å². The van der Waals surface area contributed by atoms with Crippen LogP contribution >= 0.6 is 0 Å². The van der Waals surface area contributed by atoms with E-state index in [2.05, 4.69) is 5.32 Å². The van der Waals surface area contributed by atoms with Gasteiger partial charge in [0.25, 0.3) is 0 Å². The highest BCUT2D eigenvalue weighted by Gasteiger charge is 2.18. The summed E-state index contributed by atoms with van der Waals surface area (Å²) >= 11 is 0. The summed E-state index contributed by atoms with van der Waals surface area (Å²) in [5.74, 6) is -0.238. The fraction of sp³-hybridized carbons (Fsp3) is 0.462. The molecule has 5 nitrogen and oxygen atoms in total. The summed E-state index contributed by atoms with van der Waals surface area (Å²) in [5, 5.41) is 22.2. The Balaban J connectivity index is 2.67. The van der Waals surface area contributed by atoms with Crippen molar-refractivity contribution in [3.8, 4) is 0 Å². The molecule has 0 heterocycles. The Morgan fingerprint density at radius 1 is 1.44 bits per heavy atom. The van der Waals surface area contributed by atoms with Gasteiger partial charge in [-0.3, -0.25) is 4.79 Å². The SMILES string of the molecule is CC(=O)NCC(O)C(O)c1cccc(CCN)c1. The number of aliphatic hydroxyl groups is 2. The van der Waals surface area contributed by atoms with Gasteiger partial charge in [-0.15, -0.1) is 0 Å². The molecule has 5 N–H and O–H groups in total. The smallest absolute Gasteiger partial charge is 0.216 e. The number of hydrogen-bond acceptors (Lipinski definition) is 4. The summed E-state index contributed by atoms with van der Waals surface area (Å²) < 4.78 is 0. The molecular formula is C13H20N2O3. The monoisotopic (exact) mass is 252 g/mol. The first kappa shape index (κ1) is 14.6. The molecule has 0 saturated heterocycles. The van der Waals surface area contributed by atoms with E-state index < -0.39 is 12.2 Å². The highest BCUT2D eigenvalue weighted by Crippen LogP contribution is 2.18. The van der Waals surface area contributed by atoms with E-state index in [0.717, 1.165) is 12.0 Å². The minimum Gasteiger partial charge on any atom is -0.388 e. The largest absolute Gasteiger partial charge is 0.388 e. The number of carbonyl (C=O) groups excluding carboxylic acids is 1. The molecule has 1 aromatic rings. The normalized spacial score (nSPS) is 14.0. The molecule has 0 bridgehead atoms. The molecule has 1 amide bonds. The zero-order chi connectivity index (χ0) is 13.5. The van der Waals surface area contributed by atoms with Crippen LogP contribution in [0.5, 0.6) is 0 Å². The number of amides is 1. The van der Waals surface area contributed by atoms with E-state index in [1.165, 1.54) is 6.92 Å². The predicted molar refractivity (Wildman–Crippen MR) is 68.9 cm³/mol. The number of nitrogens with one attached hydrogen (secondary N) is 1. The van der Waals surface area contributed by atoms with Crippen molar-refractivity contribution in [1.29, 1.82) is 0 Å². The Hall–Kier alpha value is -1.43. The molecule has 100 valence electrons. The number of nitrogens with two attached hydrogens (primary N) is 1. The molecule has 18 heavy (non-hydrogen) atoms. The Morgan fingerprint density at radius 3 is 2.78 bits per heavy atom. The lowest BCUT2D eigenvalue weighted by Gasteiger charge is -2.19. The number of carbonyl (C=O) groups is 1. The Labute approximate surface area is 107 Å². The third-order valence-electron chi connectivity index (χ3n) is 2.65. The maximum absolute atomic E-state index is 10.7. The quantitative estimate of drug-likeness (QED) is 0.560. The molecule has 1 rings (SSSR count). The molecule has 0 radical (unpaired) electrons. The van der Waals surface area contributed by atoms with Gasteiger partial charge in [-0.1, -0.05) is 24.3 Å². The van der Waals surface area contributed by atoms with Crippen LogP contribution in [0.25, 0.3) is 0 Å². The average Bonchev–Trinajstić information content (AvgIpc) is 2.35. The van der Waals surface area contributed by atoms with Crippen LogP contribution in [0, 0.1) is 0 Å². The summed E-state index contributed by atoms with van der Waals surface area (Å²) in [7, 11) is 0. The van der Waals surface area contributed by atoms with Gasteiger partial charge < -0.3 is 21.3 Å². The van der Waals surface area contributed by atoms with Crippen LogP contribution in [0.15, 0.2) is 24.3 Å². The van der Waals surface area contributed by atoms with Crippen LogP contribution in [-0.2, 0) is 11.2 Å². The van der Waals surface area contributed by atoms with Crippen molar-refractivity contribution < 1.29 is 15.0 Å². The number of rotatable bonds is 6. The highest BCUT2D eigenvalue weighted by molar-refractivity contribution is 5.72. The third kappa shape index (κ3) is 4.44. The topological polar surface area (TPSA) is 95.6 Å². The van der Waals surface area contributed by atoms with E-state index in [0.29, 0.717) is 12.1 Å². The minimum absolute atomic E-state index is 0.0254. The lowest BCUT2D eigenvalue weighted by molar-refractivity contribution is -0.119. The summed E-state index contributed by atoms with van der Waals surface area (Å²) in [6.07, 6.45) is -1.32. The minimum atomic E-state index is -1.03. The fourth-order valence-corrected chi connectivity index (χ4v) is 1.68. The van der Waals surface area contributed by atoms with Crippen molar-refractivity contribution in [2.24, 2.45) is 5.73 Å². The molecule has 0 fully saturated rings. The lowest BCUT2D eigenvalue weighted by Crippen LogP contribution is -2.34. The highest BCUT2D eigenvalue weighted by atomic mass is 16.3. The molecule has 2 unspecified atom stereocenters. The number of benzene rings is 1. The molecule has 0 aliphatic carbocycles. The molecule has 2 atom stereocenters. The van der Waals surface area contributed by atoms with E-state index in [9.17, 15) is 15.0 Å². The van der Waals surface area contributed by atoms with Gasteiger partial charge in [-0.25, -0.2) is 0 Å². The average molecular weight is 252 g/mol. The molecule has 1 aromatic carbocycles. The van der Waals surface area contributed by atoms with Crippen molar-refractivity contribution in [2.75, 3.05) is 13.1 Å². The van der Waals surface area contributed by atoms with Gasteiger partial charge in [0, 0.05) is 13.5 Å². The third-order valence-corrected chi connectivity index (χ3v) is 2.65.